The zero-order chi connectivity index (χ0) is 17.2. The van der Waals surface area contributed by atoms with Gasteiger partial charge in [0.15, 0.2) is 0 Å². The highest BCUT2D eigenvalue weighted by Gasteiger charge is 2.12. The molecule has 1 atom stereocenters. The van der Waals surface area contributed by atoms with Gasteiger partial charge >= 0.3 is 11.9 Å². The Balaban J connectivity index is 1.63. The zero-order valence-electron chi connectivity index (χ0n) is 13.4. The van der Waals surface area contributed by atoms with E-state index in [1.54, 1.807) is 0 Å². The minimum Gasteiger partial charge on any atom is -0.464 e. The highest BCUT2D eigenvalue weighted by molar-refractivity contribution is 5.77. The molecule has 0 fully saturated rings. The van der Waals surface area contributed by atoms with Crippen LogP contribution in [-0.2, 0) is 25.7 Å². The molecule has 2 N–H and O–H groups in total. The molecular formula is C19H21NO4. The first-order valence-corrected chi connectivity index (χ1v) is 7.81. The van der Waals surface area contributed by atoms with Crippen molar-refractivity contribution in [3.8, 4) is 0 Å². The Labute approximate surface area is 141 Å². The minimum atomic E-state index is -0.460. The summed E-state index contributed by atoms with van der Waals surface area (Å²) in [6, 6.07) is 18.4. The molecule has 0 spiro atoms. The van der Waals surface area contributed by atoms with Crippen LogP contribution in [0.4, 0.5) is 0 Å². The number of rotatable bonds is 8. The number of esters is 2. The third-order valence-corrected chi connectivity index (χ3v) is 3.43. The normalized spacial score (nSPS) is 11.5. The van der Waals surface area contributed by atoms with Crippen molar-refractivity contribution in [1.82, 2.24) is 0 Å². The van der Waals surface area contributed by atoms with Crippen molar-refractivity contribution in [2.75, 3.05) is 6.61 Å². The van der Waals surface area contributed by atoms with E-state index in [1.807, 2.05) is 60.7 Å². The van der Waals surface area contributed by atoms with Gasteiger partial charge in [0.05, 0.1) is 18.9 Å². The van der Waals surface area contributed by atoms with Crippen LogP contribution < -0.4 is 5.73 Å². The number of carbonyl (C=O) groups excluding carboxylic acids is 2. The molecule has 1 unspecified atom stereocenters. The molecule has 0 amide bonds. The van der Waals surface area contributed by atoms with Crippen molar-refractivity contribution in [3.63, 3.8) is 0 Å². The van der Waals surface area contributed by atoms with Gasteiger partial charge < -0.3 is 15.2 Å². The lowest BCUT2D eigenvalue weighted by atomic mass is 10.1. The predicted molar refractivity (Wildman–Crippen MR) is 89.8 cm³/mol. The second-order valence-electron chi connectivity index (χ2n) is 5.35. The maximum Gasteiger partial charge on any atom is 0.306 e. The van der Waals surface area contributed by atoms with E-state index in [0.717, 1.165) is 11.1 Å². The van der Waals surface area contributed by atoms with Gasteiger partial charge in [0.25, 0.3) is 0 Å². The van der Waals surface area contributed by atoms with Gasteiger partial charge in [0.1, 0.15) is 13.2 Å². The molecule has 0 heterocycles. The van der Waals surface area contributed by atoms with E-state index in [-0.39, 0.29) is 32.1 Å². The molecule has 5 nitrogen and oxygen atoms in total. The molecule has 0 saturated carbocycles. The fourth-order valence-corrected chi connectivity index (χ4v) is 2.07. The van der Waals surface area contributed by atoms with Crippen LogP contribution in [-0.4, -0.2) is 18.5 Å². The molecule has 2 aromatic rings. The Bertz CT molecular complexity index is 643. The van der Waals surface area contributed by atoms with Crippen LogP contribution in [0, 0.1) is 0 Å². The lowest BCUT2D eigenvalue weighted by Crippen LogP contribution is -2.20. The molecule has 2 aromatic carbocycles. The van der Waals surface area contributed by atoms with Gasteiger partial charge in [0.2, 0.25) is 0 Å². The van der Waals surface area contributed by atoms with Crippen LogP contribution in [0.5, 0.6) is 0 Å². The lowest BCUT2D eigenvalue weighted by Gasteiger charge is -2.12. The van der Waals surface area contributed by atoms with Crippen molar-refractivity contribution in [3.05, 3.63) is 71.8 Å². The summed E-state index contributed by atoms with van der Waals surface area (Å²) in [5.41, 5.74) is 7.74. The van der Waals surface area contributed by atoms with Gasteiger partial charge in [-0.15, -0.1) is 0 Å². The summed E-state index contributed by atoms with van der Waals surface area (Å²) in [4.78, 5) is 23.3. The van der Waals surface area contributed by atoms with Crippen molar-refractivity contribution in [2.24, 2.45) is 5.73 Å². The summed E-state index contributed by atoms with van der Waals surface area (Å²) in [5.74, 6) is -0.888. The molecule has 24 heavy (non-hydrogen) atoms. The van der Waals surface area contributed by atoms with Gasteiger partial charge in [0, 0.05) is 0 Å². The number of nitrogens with two attached hydrogens (primary N) is 1. The molecule has 0 aliphatic rings. The summed E-state index contributed by atoms with van der Waals surface area (Å²) >= 11 is 0. The van der Waals surface area contributed by atoms with Gasteiger partial charge in [-0.05, 0) is 11.1 Å². The first-order chi connectivity index (χ1) is 11.6. The van der Waals surface area contributed by atoms with E-state index in [2.05, 4.69) is 0 Å². The maximum atomic E-state index is 11.7. The Morgan fingerprint density at radius 2 is 1.38 bits per heavy atom. The number of hydrogen-bond donors (Lipinski definition) is 1. The van der Waals surface area contributed by atoms with Gasteiger partial charge in [-0.1, -0.05) is 60.7 Å². The molecule has 0 bridgehead atoms. The fraction of sp³-hybridized carbons (Fsp3) is 0.263. The molecule has 2 rings (SSSR count). The number of benzene rings is 2. The largest absolute Gasteiger partial charge is 0.464 e. The molecule has 5 heteroatoms. The van der Waals surface area contributed by atoms with Crippen LogP contribution in [0.3, 0.4) is 0 Å². The first kappa shape index (κ1) is 17.7. The number of carbonyl (C=O) groups is 2. The molecule has 0 saturated heterocycles. The Morgan fingerprint density at radius 1 is 0.833 bits per heavy atom. The van der Waals surface area contributed by atoms with Crippen LogP contribution >= 0.6 is 0 Å². The Kier molecular flexibility index (Phi) is 6.98. The van der Waals surface area contributed by atoms with Crippen LogP contribution in [0.1, 0.15) is 30.0 Å². The highest BCUT2D eigenvalue weighted by Crippen LogP contribution is 2.10. The van der Waals surface area contributed by atoms with Crippen molar-refractivity contribution >= 4 is 11.9 Å². The molecule has 0 aliphatic heterocycles. The fourth-order valence-electron chi connectivity index (χ4n) is 2.07. The van der Waals surface area contributed by atoms with Crippen molar-refractivity contribution in [1.29, 1.82) is 0 Å². The standard InChI is InChI=1S/C19H21NO4/c20-17(16-9-5-2-6-10-16)14-24-19(22)12-11-18(21)23-13-15-7-3-1-4-8-15/h1-10,17H,11-14,20H2. The first-order valence-electron chi connectivity index (χ1n) is 7.81. The zero-order valence-corrected chi connectivity index (χ0v) is 13.4. The quantitative estimate of drug-likeness (QED) is 0.754. The van der Waals surface area contributed by atoms with Crippen molar-refractivity contribution < 1.29 is 19.1 Å². The average Bonchev–Trinajstić information content (AvgIpc) is 2.64. The third kappa shape index (κ3) is 6.22. The summed E-state index contributed by atoms with van der Waals surface area (Å²) in [6.07, 6.45) is -0.0264. The van der Waals surface area contributed by atoms with E-state index in [9.17, 15) is 9.59 Å². The smallest absolute Gasteiger partial charge is 0.306 e. The number of hydrogen-bond acceptors (Lipinski definition) is 5. The highest BCUT2D eigenvalue weighted by atomic mass is 16.5. The molecule has 0 aliphatic carbocycles. The van der Waals surface area contributed by atoms with Crippen LogP contribution in [0.2, 0.25) is 0 Å². The van der Waals surface area contributed by atoms with Gasteiger partial charge in [-0.2, -0.15) is 0 Å². The van der Waals surface area contributed by atoms with E-state index >= 15 is 0 Å². The van der Waals surface area contributed by atoms with E-state index in [0.29, 0.717) is 0 Å². The third-order valence-electron chi connectivity index (χ3n) is 3.43. The van der Waals surface area contributed by atoms with Crippen LogP contribution in [0.15, 0.2) is 60.7 Å². The second-order valence-corrected chi connectivity index (χ2v) is 5.35. The average molecular weight is 327 g/mol. The van der Waals surface area contributed by atoms with E-state index < -0.39 is 11.9 Å². The molecule has 0 radical (unpaired) electrons. The molecular weight excluding hydrogens is 306 g/mol. The second kappa shape index (κ2) is 9.47. The summed E-state index contributed by atoms with van der Waals surface area (Å²) in [6.45, 7) is 0.287. The minimum absolute atomic E-state index is 0.00770. The number of ether oxygens (including phenoxy) is 2. The van der Waals surface area contributed by atoms with Crippen LogP contribution in [0.25, 0.3) is 0 Å². The lowest BCUT2D eigenvalue weighted by molar-refractivity contribution is -0.151. The van der Waals surface area contributed by atoms with E-state index in [1.165, 1.54) is 0 Å². The monoisotopic (exact) mass is 327 g/mol. The Hall–Kier alpha value is -2.66. The topological polar surface area (TPSA) is 78.6 Å². The summed E-state index contributed by atoms with van der Waals surface area (Å²) in [7, 11) is 0. The maximum absolute atomic E-state index is 11.7. The molecule has 126 valence electrons. The summed E-state index contributed by atoms with van der Waals surface area (Å²) in [5, 5.41) is 0. The van der Waals surface area contributed by atoms with Gasteiger partial charge in [-0.25, -0.2) is 0 Å². The van der Waals surface area contributed by atoms with E-state index in [4.69, 9.17) is 15.2 Å². The predicted octanol–water partition coefficient (Wildman–Crippen LogP) is 2.75. The van der Waals surface area contributed by atoms with Crippen molar-refractivity contribution in [2.45, 2.75) is 25.5 Å². The SMILES string of the molecule is NC(COC(=O)CCC(=O)OCc1ccccc1)c1ccccc1. The molecule has 0 aromatic heterocycles. The van der Waals surface area contributed by atoms with Gasteiger partial charge in [-0.3, -0.25) is 9.59 Å². The summed E-state index contributed by atoms with van der Waals surface area (Å²) < 4.78 is 10.2. The Morgan fingerprint density at radius 3 is 2.00 bits per heavy atom.